The largest absolute Gasteiger partial charge is 0.479 e. The maximum absolute atomic E-state index is 10.5. The number of rotatable bonds is 2. The Labute approximate surface area is 68.0 Å². The van der Waals surface area contributed by atoms with E-state index in [2.05, 4.69) is 0 Å². The Morgan fingerprint density at radius 2 is 1.91 bits per heavy atom. The third-order valence-electron chi connectivity index (χ3n) is 2.32. The van der Waals surface area contributed by atoms with Gasteiger partial charge in [-0.2, -0.15) is 0 Å². The zero-order valence-corrected chi connectivity index (χ0v) is 7.44. The second-order valence-corrected chi connectivity index (χ2v) is 3.99. The molecule has 11 heavy (non-hydrogen) atoms. The number of carbonyl (C=O) groups is 1. The molecule has 0 spiro atoms. The normalized spacial score (nSPS) is 24.9. The Morgan fingerprint density at radius 1 is 1.45 bits per heavy atom. The fraction of sp³-hybridized carbons (Fsp3) is 0.857. The van der Waals surface area contributed by atoms with Crippen LogP contribution in [0.25, 0.3) is 0 Å². The van der Waals surface area contributed by atoms with Crippen molar-refractivity contribution in [2.24, 2.45) is 5.92 Å². The fourth-order valence-electron chi connectivity index (χ4n) is 1.54. The Kier molecular flexibility index (Phi) is 2.50. The predicted octanol–water partition coefficient (Wildman–Crippen LogP) is 0.825. The summed E-state index contributed by atoms with van der Waals surface area (Å²) in [5, 5.41) is 16.5. The summed E-state index contributed by atoms with van der Waals surface area (Å²) >= 11 is 0. The van der Waals surface area contributed by atoms with Gasteiger partial charge in [0, 0.05) is 5.92 Å². The minimum atomic E-state index is -1.59. The van der Waals surface area contributed by atoms with Crippen LogP contribution in [0.3, 0.4) is 0 Å². The number of hydrogen-bond acceptors (Lipinski definition) is 2. The number of aliphatic carboxylic acids is 1. The summed E-state index contributed by atoms with van der Waals surface area (Å²) in [6.07, 6.45) is 3.72. The topological polar surface area (TPSA) is 57.5 Å². The standard InChI is InChI=1S/C7H13O3P/c8-6(9)7(10,11)5-3-1-2-4-5/h5,10H,1-4,11H2,(H,8,9). The van der Waals surface area contributed by atoms with E-state index in [1.165, 1.54) is 0 Å². The van der Waals surface area contributed by atoms with E-state index in [-0.39, 0.29) is 5.92 Å². The van der Waals surface area contributed by atoms with E-state index in [1.54, 1.807) is 0 Å². The van der Waals surface area contributed by atoms with Crippen LogP contribution in [-0.4, -0.2) is 21.5 Å². The Morgan fingerprint density at radius 3 is 2.27 bits per heavy atom. The second-order valence-electron chi connectivity index (χ2n) is 3.11. The molecule has 0 heterocycles. The first-order valence-corrected chi connectivity index (χ1v) is 4.37. The molecule has 1 aliphatic rings. The number of carboxylic acid groups (broad SMARTS) is 1. The third-order valence-corrected chi connectivity index (χ3v) is 3.04. The van der Waals surface area contributed by atoms with E-state index in [4.69, 9.17) is 5.11 Å². The molecular formula is C7H13O3P. The first-order chi connectivity index (χ1) is 5.05. The molecule has 1 aliphatic carbocycles. The van der Waals surface area contributed by atoms with E-state index in [9.17, 15) is 9.90 Å². The summed E-state index contributed by atoms with van der Waals surface area (Å²) in [6.45, 7) is 0. The number of aliphatic hydroxyl groups is 1. The highest BCUT2D eigenvalue weighted by Crippen LogP contribution is 2.38. The molecule has 1 rings (SSSR count). The minimum Gasteiger partial charge on any atom is -0.479 e. The van der Waals surface area contributed by atoms with Crippen molar-refractivity contribution in [2.75, 3.05) is 0 Å². The van der Waals surface area contributed by atoms with Crippen molar-refractivity contribution in [1.29, 1.82) is 0 Å². The highest BCUT2D eigenvalue weighted by Gasteiger charge is 2.40. The molecule has 0 radical (unpaired) electrons. The molecule has 2 N–H and O–H groups in total. The van der Waals surface area contributed by atoms with Gasteiger partial charge in [0.2, 0.25) is 0 Å². The highest BCUT2D eigenvalue weighted by atomic mass is 31.0. The Hall–Kier alpha value is -0.140. The van der Waals surface area contributed by atoms with Crippen molar-refractivity contribution in [2.45, 2.75) is 31.0 Å². The molecule has 1 saturated carbocycles. The Bertz CT molecular complexity index is 161. The van der Waals surface area contributed by atoms with E-state index in [0.717, 1.165) is 25.7 Å². The van der Waals surface area contributed by atoms with E-state index in [1.807, 2.05) is 9.24 Å². The van der Waals surface area contributed by atoms with Crippen LogP contribution in [0.4, 0.5) is 0 Å². The molecule has 0 aromatic heterocycles. The summed E-state index contributed by atoms with van der Waals surface area (Å²) in [4.78, 5) is 10.5. The van der Waals surface area contributed by atoms with Gasteiger partial charge in [0.05, 0.1) is 0 Å². The van der Waals surface area contributed by atoms with Gasteiger partial charge in [-0.25, -0.2) is 4.79 Å². The van der Waals surface area contributed by atoms with Gasteiger partial charge in [-0.1, -0.05) is 22.1 Å². The quantitative estimate of drug-likeness (QED) is 0.612. The summed E-state index contributed by atoms with van der Waals surface area (Å²) < 4.78 is 0. The molecule has 0 aromatic carbocycles. The average molecular weight is 176 g/mol. The molecule has 64 valence electrons. The summed E-state index contributed by atoms with van der Waals surface area (Å²) in [5.41, 5.74) is 0. The molecule has 4 heteroatoms. The molecule has 0 aromatic rings. The number of hydrogen-bond donors (Lipinski definition) is 2. The lowest BCUT2D eigenvalue weighted by Gasteiger charge is -2.24. The monoisotopic (exact) mass is 176 g/mol. The van der Waals surface area contributed by atoms with Gasteiger partial charge in [0.1, 0.15) is 0 Å². The summed E-state index contributed by atoms with van der Waals surface area (Å²) in [6, 6.07) is 0. The average Bonchev–Trinajstić information content (AvgIpc) is 2.37. The lowest BCUT2D eigenvalue weighted by Crippen LogP contribution is -2.38. The lowest BCUT2D eigenvalue weighted by atomic mass is 10.0. The van der Waals surface area contributed by atoms with Crippen LogP contribution in [0, 0.1) is 5.92 Å². The van der Waals surface area contributed by atoms with Crippen LogP contribution in [0.2, 0.25) is 0 Å². The number of carboxylic acids is 1. The minimum absolute atomic E-state index is 0.0787. The van der Waals surface area contributed by atoms with Crippen molar-refractivity contribution in [3.63, 3.8) is 0 Å². The van der Waals surface area contributed by atoms with Crippen LogP contribution < -0.4 is 0 Å². The molecule has 0 aliphatic heterocycles. The van der Waals surface area contributed by atoms with Gasteiger partial charge in [-0.05, 0) is 12.8 Å². The first-order valence-electron chi connectivity index (χ1n) is 3.80. The van der Waals surface area contributed by atoms with Gasteiger partial charge in [-0.15, -0.1) is 0 Å². The van der Waals surface area contributed by atoms with Gasteiger partial charge in [0.15, 0.2) is 5.34 Å². The van der Waals surface area contributed by atoms with Gasteiger partial charge >= 0.3 is 5.97 Å². The van der Waals surface area contributed by atoms with Crippen molar-refractivity contribution in [3.05, 3.63) is 0 Å². The SMILES string of the molecule is O=C(O)C(O)(P)C1CCCC1. The van der Waals surface area contributed by atoms with E-state index >= 15 is 0 Å². The molecule has 0 amide bonds. The van der Waals surface area contributed by atoms with E-state index < -0.39 is 11.3 Å². The van der Waals surface area contributed by atoms with Gasteiger partial charge < -0.3 is 10.2 Å². The second kappa shape index (κ2) is 3.08. The van der Waals surface area contributed by atoms with Crippen LogP contribution in [0.5, 0.6) is 0 Å². The van der Waals surface area contributed by atoms with Crippen molar-refractivity contribution >= 4 is 15.2 Å². The maximum Gasteiger partial charge on any atom is 0.339 e. The lowest BCUT2D eigenvalue weighted by molar-refractivity contribution is -0.153. The van der Waals surface area contributed by atoms with Gasteiger partial charge in [-0.3, -0.25) is 0 Å². The van der Waals surface area contributed by atoms with Crippen LogP contribution >= 0.6 is 9.24 Å². The van der Waals surface area contributed by atoms with Crippen LogP contribution in [0.1, 0.15) is 25.7 Å². The molecular weight excluding hydrogens is 163 g/mol. The zero-order chi connectivity index (χ0) is 8.48. The van der Waals surface area contributed by atoms with Gasteiger partial charge in [0.25, 0.3) is 0 Å². The molecule has 1 fully saturated rings. The van der Waals surface area contributed by atoms with Crippen molar-refractivity contribution < 1.29 is 15.0 Å². The molecule has 2 atom stereocenters. The van der Waals surface area contributed by atoms with E-state index in [0.29, 0.717) is 0 Å². The maximum atomic E-state index is 10.5. The van der Waals surface area contributed by atoms with Crippen LogP contribution in [-0.2, 0) is 4.79 Å². The van der Waals surface area contributed by atoms with Crippen molar-refractivity contribution in [1.82, 2.24) is 0 Å². The Balaban J connectivity index is 2.62. The molecule has 3 nitrogen and oxygen atoms in total. The summed E-state index contributed by atoms with van der Waals surface area (Å²) in [7, 11) is 2.03. The predicted molar refractivity (Wildman–Crippen MR) is 44.3 cm³/mol. The zero-order valence-electron chi connectivity index (χ0n) is 6.29. The third kappa shape index (κ3) is 1.71. The summed E-state index contributed by atoms with van der Waals surface area (Å²) in [5.74, 6) is -1.21. The van der Waals surface area contributed by atoms with Crippen molar-refractivity contribution in [3.8, 4) is 0 Å². The first kappa shape index (κ1) is 8.95. The smallest absolute Gasteiger partial charge is 0.339 e. The molecule has 2 unspecified atom stereocenters. The fourth-order valence-corrected chi connectivity index (χ4v) is 1.87. The van der Waals surface area contributed by atoms with Crippen LogP contribution in [0.15, 0.2) is 0 Å². The molecule has 0 bridgehead atoms. The molecule has 0 saturated heterocycles. The highest BCUT2D eigenvalue weighted by molar-refractivity contribution is 7.20.